The van der Waals surface area contributed by atoms with E-state index in [0.29, 0.717) is 5.92 Å². The van der Waals surface area contributed by atoms with Crippen molar-refractivity contribution in [2.45, 2.75) is 51.6 Å². The molecule has 2 unspecified atom stereocenters. The number of rotatable bonds is 4. The van der Waals surface area contributed by atoms with Gasteiger partial charge in [-0.2, -0.15) is 0 Å². The number of ether oxygens (including phenoxy) is 1. The van der Waals surface area contributed by atoms with Crippen molar-refractivity contribution in [2.75, 3.05) is 13.2 Å². The first kappa shape index (κ1) is 11.0. The summed E-state index contributed by atoms with van der Waals surface area (Å²) in [6.45, 7) is 3.63. The van der Waals surface area contributed by atoms with Gasteiger partial charge in [0.1, 0.15) is 0 Å². The second-order valence-corrected chi connectivity index (χ2v) is 3.95. The van der Waals surface area contributed by atoms with Crippen LogP contribution < -0.4 is 0 Å². The summed E-state index contributed by atoms with van der Waals surface area (Å²) >= 11 is 0. The molecule has 1 fully saturated rings. The van der Waals surface area contributed by atoms with Crippen molar-refractivity contribution in [2.24, 2.45) is 5.92 Å². The Morgan fingerprint density at radius 1 is 1.23 bits per heavy atom. The van der Waals surface area contributed by atoms with E-state index in [1.54, 1.807) is 0 Å². The average molecular weight is 186 g/mol. The summed E-state index contributed by atoms with van der Waals surface area (Å²) in [5.41, 5.74) is 0. The minimum Gasteiger partial charge on any atom is -0.393 e. The summed E-state index contributed by atoms with van der Waals surface area (Å²) in [5.74, 6) is 0.494. The van der Waals surface area contributed by atoms with E-state index in [1.165, 1.54) is 25.7 Å². The largest absolute Gasteiger partial charge is 0.393 e. The highest BCUT2D eigenvalue weighted by atomic mass is 16.5. The third-order valence-corrected chi connectivity index (χ3v) is 2.96. The maximum Gasteiger partial charge on any atom is 0.0569 e. The molecule has 78 valence electrons. The van der Waals surface area contributed by atoms with Crippen molar-refractivity contribution in [3.05, 3.63) is 0 Å². The van der Waals surface area contributed by atoms with E-state index in [2.05, 4.69) is 0 Å². The van der Waals surface area contributed by atoms with Gasteiger partial charge in [0.2, 0.25) is 0 Å². The molecule has 0 spiro atoms. The molecule has 1 rings (SSSR count). The van der Waals surface area contributed by atoms with E-state index >= 15 is 0 Å². The van der Waals surface area contributed by atoms with Crippen LogP contribution in [0.2, 0.25) is 0 Å². The zero-order chi connectivity index (χ0) is 9.52. The Morgan fingerprint density at radius 3 is 2.77 bits per heavy atom. The van der Waals surface area contributed by atoms with E-state index in [1.807, 2.05) is 6.92 Å². The molecule has 0 amide bonds. The van der Waals surface area contributed by atoms with Crippen LogP contribution in [-0.4, -0.2) is 24.4 Å². The molecule has 2 atom stereocenters. The van der Waals surface area contributed by atoms with Gasteiger partial charge < -0.3 is 9.84 Å². The van der Waals surface area contributed by atoms with Crippen LogP contribution in [0, 0.1) is 5.92 Å². The lowest BCUT2D eigenvalue weighted by Gasteiger charge is -2.19. The SMILES string of the molecule is CCOCCC1CCCCCC1O. The number of aliphatic hydroxyl groups excluding tert-OH is 1. The lowest BCUT2D eigenvalue weighted by molar-refractivity contribution is 0.0648. The molecule has 0 heterocycles. The molecule has 0 aliphatic heterocycles. The first-order valence-electron chi connectivity index (χ1n) is 5.60. The van der Waals surface area contributed by atoms with Crippen LogP contribution in [0.25, 0.3) is 0 Å². The Balaban J connectivity index is 2.19. The van der Waals surface area contributed by atoms with Gasteiger partial charge in [-0.05, 0) is 32.1 Å². The Labute approximate surface area is 81.3 Å². The van der Waals surface area contributed by atoms with Gasteiger partial charge in [-0.25, -0.2) is 0 Å². The molecule has 0 radical (unpaired) electrons. The maximum atomic E-state index is 9.79. The minimum atomic E-state index is -0.0667. The Morgan fingerprint density at radius 2 is 2.00 bits per heavy atom. The molecule has 1 saturated carbocycles. The molecule has 2 heteroatoms. The van der Waals surface area contributed by atoms with Crippen LogP contribution in [0.1, 0.15) is 45.4 Å². The van der Waals surface area contributed by atoms with Crippen LogP contribution >= 0.6 is 0 Å². The normalized spacial score (nSPS) is 30.0. The molecule has 0 aromatic rings. The van der Waals surface area contributed by atoms with E-state index in [9.17, 15) is 5.11 Å². The van der Waals surface area contributed by atoms with Crippen LogP contribution in [0.4, 0.5) is 0 Å². The fraction of sp³-hybridized carbons (Fsp3) is 1.00. The molecule has 2 nitrogen and oxygen atoms in total. The fourth-order valence-corrected chi connectivity index (χ4v) is 2.08. The van der Waals surface area contributed by atoms with Gasteiger partial charge in [-0.3, -0.25) is 0 Å². The van der Waals surface area contributed by atoms with Gasteiger partial charge >= 0.3 is 0 Å². The molecule has 1 N–H and O–H groups in total. The van der Waals surface area contributed by atoms with Crippen LogP contribution in [-0.2, 0) is 4.74 Å². The van der Waals surface area contributed by atoms with Crippen molar-refractivity contribution in [1.29, 1.82) is 0 Å². The quantitative estimate of drug-likeness (QED) is 0.539. The summed E-state index contributed by atoms with van der Waals surface area (Å²) in [6, 6.07) is 0. The van der Waals surface area contributed by atoms with Gasteiger partial charge in [-0.15, -0.1) is 0 Å². The second-order valence-electron chi connectivity index (χ2n) is 3.95. The monoisotopic (exact) mass is 186 g/mol. The average Bonchev–Trinajstić information content (AvgIpc) is 2.32. The lowest BCUT2D eigenvalue weighted by atomic mass is 9.94. The van der Waals surface area contributed by atoms with Crippen LogP contribution in [0.5, 0.6) is 0 Å². The van der Waals surface area contributed by atoms with E-state index in [4.69, 9.17) is 4.74 Å². The molecule has 0 aromatic carbocycles. The van der Waals surface area contributed by atoms with Crippen LogP contribution in [0.15, 0.2) is 0 Å². The highest BCUT2D eigenvalue weighted by Gasteiger charge is 2.20. The van der Waals surface area contributed by atoms with Crippen LogP contribution in [0.3, 0.4) is 0 Å². The van der Waals surface area contributed by atoms with E-state index in [0.717, 1.165) is 26.1 Å². The highest BCUT2D eigenvalue weighted by molar-refractivity contribution is 4.72. The summed E-state index contributed by atoms with van der Waals surface area (Å²) in [5, 5.41) is 9.79. The van der Waals surface area contributed by atoms with Gasteiger partial charge in [0.05, 0.1) is 6.10 Å². The third-order valence-electron chi connectivity index (χ3n) is 2.96. The highest BCUT2D eigenvalue weighted by Crippen LogP contribution is 2.25. The zero-order valence-electron chi connectivity index (χ0n) is 8.67. The third kappa shape index (κ3) is 4.10. The minimum absolute atomic E-state index is 0.0667. The smallest absolute Gasteiger partial charge is 0.0569 e. The fourth-order valence-electron chi connectivity index (χ4n) is 2.08. The van der Waals surface area contributed by atoms with Crippen molar-refractivity contribution in [1.82, 2.24) is 0 Å². The molecule has 0 bridgehead atoms. The summed E-state index contributed by atoms with van der Waals surface area (Å²) < 4.78 is 5.31. The number of hydrogen-bond donors (Lipinski definition) is 1. The van der Waals surface area contributed by atoms with Crippen molar-refractivity contribution in [3.63, 3.8) is 0 Å². The lowest BCUT2D eigenvalue weighted by Crippen LogP contribution is -2.20. The van der Waals surface area contributed by atoms with Crippen molar-refractivity contribution in [3.8, 4) is 0 Å². The summed E-state index contributed by atoms with van der Waals surface area (Å²) in [7, 11) is 0. The predicted octanol–water partition coefficient (Wildman–Crippen LogP) is 2.35. The van der Waals surface area contributed by atoms with Crippen molar-refractivity contribution >= 4 is 0 Å². The molecule has 13 heavy (non-hydrogen) atoms. The van der Waals surface area contributed by atoms with E-state index in [-0.39, 0.29) is 6.10 Å². The maximum absolute atomic E-state index is 9.79. The van der Waals surface area contributed by atoms with Crippen molar-refractivity contribution < 1.29 is 9.84 Å². The Hall–Kier alpha value is -0.0800. The Bertz CT molecular complexity index is 125. The van der Waals surface area contributed by atoms with Gasteiger partial charge in [-0.1, -0.05) is 19.3 Å². The Kier molecular flexibility index (Phi) is 5.40. The number of hydrogen-bond acceptors (Lipinski definition) is 2. The molecule has 0 saturated heterocycles. The molecule has 0 aromatic heterocycles. The first-order valence-corrected chi connectivity index (χ1v) is 5.60. The summed E-state index contributed by atoms with van der Waals surface area (Å²) in [4.78, 5) is 0. The topological polar surface area (TPSA) is 29.5 Å². The molecule has 1 aliphatic carbocycles. The van der Waals surface area contributed by atoms with Gasteiger partial charge in [0.15, 0.2) is 0 Å². The second kappa shape index (κ2) is 6.39. The number of aliphatic hydroxyl groups is 1. The van der Waals surface area contributed by atoms with E-state index < -0.39 is 0 Å². The van der Waals surface area contributed by atoms with Gasteiger partial charge in [0.25, 0.3) is 0 Å². The predicted molar refractivity (Wildman–Crippen MR) is 53.7 cm³/mol. The standard InChI is InChI=1S/C11H22O2/c1-2-13-9-8-10-6-4-3-5-7-11(10)12/h10-12H,2-9H2,1H3. The molecule has 1 aliphatic rings. The molecular weight excluding hydrogens is 164 g/mol. The first-order chi connectivity index (χ1) is 6.34. The zero-order valence-corrected chi connectivity index (χ0v) is 8.67. The summed E-state index contributed by atoms with van der Waals surface area (Å²) in [6.07, 6.45) is 6.94. The van der Waals surface area contributed by atoms with Gasteiger partial charge in [0, 0.05) is 13.2 Å². The molecular formula is C11H22O2.